The summed E-state index contributed by atoms with van der Waals surface area (Å²) in [6.45, 7) is 6.45. The number of rotatable bonds is 6. The summed E-state index contributed by atoms with van der Waals surface area (Å²) in [4.78, 5) is 56.9. The molecule has 208 valence electrons. The first-order valence-corrected chi connectivity index (χ1v) is 13.7. The second-order valence-electron chi connectivity index (χ2n) is 12.0. The van der Waals surface area contributed by atoms with Crippen LogP contribution in [0.5, 0.6) is 0 Å². The van der Waals surface area contributed by atoms with Crippen molar-refractivity contribution in [2.24, 2.45) is 5.73 Å². The Morgan fingerprint density at radius 3 is 2.67 bits per heavy atom. The van der Waals surface area contributed by atoms with Gasteiger partial charge in [-0.05, 0) is 76.1 Å². The molecule has 1 aromatic rings. The highest BCUT2D eigenvalue weighted by atomic mass is 16.6. The van der Waals surface area contributed by atoms with Gasteiger partial charge in [0.1, 0.15) is 17.7 Å². The first-order valence-electron chi connectivity index (χ1n) is 13.7. The summed E-state index contributed by atoms with van der Waals surface area (Å²) in [6, 6.07) is 5.74. The molecule has 3 N–H and O–H groups in total. The topological polar surface area (TPSA) is 149 Å². The van der Waals surface area contributed by atoms with E-state index in [-0.39, 0.29) is 36.5 Å². The molecule has 3 fully saturated rings. The van der Waals surface area contributed by atoms with Crippen molar-refractivity contribution in [2.75, 3.05) is 19.6 Å². The normalized spacial score (nSPS) is 26.9. The first-order chi connectivity index (χ1) is 18.5. The van der Waals surface area contributed by atoms with Gasteiger partial charge in [-0.2, -0.15) is 5.26 Å². The number of primary amides is 1. The van der Waals surface area contributed by atoms with E-state index in [9.17, 15) is 24.4 Å². The Morgan fingerprint density at radius 2 is 2.00 bits per heavy atom. The molecule has 3 saturated heterocycles. The number of nitrogens with zero attached hydrogens (tertiary/aromatic N) is 4. The third-order valence-electron chi connectivity index (χ3n) is 8.21. The first kappa shape index (κ1) is 26.9. The molecule has 0 unspecified atom stereocenters. The van der Waals surface area contributed by atoms with Crippen LogP contribution in [0.15, 0.2) is 18.2 Å². The molecular formula is C28H36N6O5. The van der Waals surface area contributed by atoms with E-state index in [1.165, 1.54) is 4.90 Å². The maximum absolute atomic E-state index is 13.6. The van der Waals surface area contributed by atoms with E-state index in [4.69, 9.17) is 10.5 Å². The van der Waals surface area contributed by atoms with Crippen molar-refractivity contribution >= 4 is 23.8 Å². The standard InChI is InChI=1S/C28H36N6O5/c1-28(2,3)39-27(38)31-21(25(36)33-10-4-5-18(33)13-29)15-32-14-19-12-23(32)26(37)34(19)22-9-7-16-11-17(24(30)35)6-8-20(16)22/h6,8,11,18-19,21-23H,4-5,7,9-10,12,14-15H2,1-3H3,(H2,30,35)(H,31,38)/t18-,19+,21-,22+,23+/m0/s1. The number of alkyl carbamates (subject to hydrolysis) is 1. The Morgan fingerprint density at radius 1 is 1.23 bits per heavy atom. The average Bonchev–Trinajstić information content (AvgIpc) is 3.64. The SMILES string of the molecule is CC(C)(C)OC(=O)N[C@@H](CN1C[C@H]2C[C@@H]1C(=O)N2[C@@H]1CCc2cc(C(N)=O)ccc21)C(=O)N1CCC[C@H]1C#N. The van der Waals surface area contributed by atoms with Gasteiger partial charge in [-0.25, -0.2) is 4.79 Å². The zero-order valence-corrected chi connectivity index (χ0v) is 22.7. The van der Waals surface area contributed by atoms with Crippen molar-refractivity contribution < 1.29 is 23.9 Å². The third-order valence-corrected chi connectivity index (χ3v) is 8.21. The number of carbonyl (C=O) groups is 4. The molecule has 2 bridgehead atoms. The minimum atomic E-state index is -0.936. The number of likely N-dealkylation sites (tertiary alicyclic amines) is 3. The van der Waals surface area contributed by atoms with Crippen LogP contribution in [0.25, 0.3) is 0 Å². The van der Waals surface area contributed by atoms with E-state index in [1.807, 2.05) is 21.9 Å². The van der Waals surface area contributed by atoms with Crippen LogP contribution in [-0.4, -0.2) is 87.9 Å². The lowest BCUT2D eigenvalue weighted by Crippen LogP contribution is -2.59. The zero-order chi connectivity index (χ0) is 28.1. The summed E-state index contributed by atoms with van der Waals surface area (Å²) < 4.78 is 5.41. The number of aryl methyl sites for hydroxylation is 1. The van der Waals surface area contributed by atoms with Crippen LogP contribution in [0, 0.1) is 11.3 Å². The van der Waals surface area contributed by atoms with Crippen LogP contribution in [0.2, 0.25) is 0 Å². The Labute approximate surface area is 228 Å². The predicted molar refractivity (Wildman–Crippen MR) is 140 cm³/mol. The summed E-state index contributed by atoms with van der Waals surface area (Å²) >= 11 is 0. The highest BCUT2D eigenvalue weighted by Crippen LogP contribution is 2.44. The van der Waals surface area contributed by atoms with Crippen LogP contribution in [0.4, 0.5) is 4.79 Å². The fraction of sp³-hybridized carbons (Fsp3) is 0.607. The van der Waals surface area contributed by atoms with E-state index in [0.717, 1.165) is 30.4 Å². The van der Waals surface area contributed by atoms with Crippen molar-refractivity contribution in [1.29, 1.82) is 5.26 Å². The maximum Gasteiger partial charge on any atom is 0.408 e. The summed E-state index contributed by atoms with van der Waals surface area (Å²) in [5, 5.41) is 12.2. The Kier molecular flexibility index (Phi) is 7.01. The molecule has 4 amide bonds. The molecule has 0 saturated carbocycles. The molecule has 11 heteroatoms. The van der Waals surface area contributed by atoms with Crippen molar-refractivity contribution in [3.05, 3.63) is 34.9 Å². The minimum absolute atomic E-state index is 0.00908. The van der Waals surface area contributed by atoms with Crippen LogP contribution in [0.3, 0.4) is 0 Å². The molecule has 3 aliphatic heterocycles. The number of benzene rings is 1. The van der Waals surface area contributed by atoms with Gasteiger partial charge in [-0.1, -0.05) is 6.07 Å². The largest absolute Gasteiger partial charge is 0.444 e. The molecule has 3 heterocycles. The maximum atomic E-state index is 13.6. The second kappa shape index (κ2) is 10.2. The number of ether oxygens (including phenoxy) is 1. The fourth-order valence-electron chi connectivity index (χ4n) is 6.57. The lowest BCUT2D eigenvalue weighted by Gasteiger charge is -2.39. The smallest absolute Gasteiger partial charge is 0.408 e. The molecule has 1 aliphatic carbocycles. The van der Waals surface area contributed by atoms with Crippen LogP contribution < -0.4 is 11.1 Å². The number of amides is 4. The molecule has 0 aromatic heterocycles. The summed E-state index contributed by atoms with van der Waals surface area (Å²) in [5.74, 6) is -0.776. The van der Waals surface area contributed by atoms with Crippen molar-refractivity contribution in [3.63, 3.8) is 0 Å². The van der Waals surface area contributed by atoms with Gasteiger partial charge >= 0.3 is 6.09 Å². The molecule has 4 aliphatic rings. The number of piperazine rings is 1. The third kappa shape index (κ3) is 5.17. The zero-order valence-electron chi connectivity index (χ0n) is 22.7. The number of fused-ring (bicyclic) bond motifs is 3. The summed E-state index contributed by atoms with van der Waals surface area (Å²) in [5.41, 5.74) is 7.29. The van der Waals surface area contributed by atoms with Gasteiger partial charge in [-0.15, -0.1) is 0 Å². The minimum Gasteiger partial charge on any atom is -0.444 e. The molecule has 5 rings (SSSR count). The number of hydrogen-bond acceptors (Lipinski definition) is 7. The van der Waals surface area contributed by atoms with E-state index in [2.05, 4.69) is 11.4 Å². The average molecular weight is 537 g/mol. The van der Waals surface area contributed by atoms with Crippen LogP contribution >= 0.6 is 0 Å². The molecule has 1 aromatic carbocycles. The number of nitrogens with one attached hydrogen (secondary N) is 1. The molecule has 0 spiro atoms. The van der Waals surface area contributed by atoms with Gasteiger partial charge in [0, 0.05) is 31.2 Å². The molecule has 5 atom stereocenters. The monoisotopic (exact) mass is 536 g/mol. The van der Waals surface area contributed by atoms with Crippen molar-refractivity contribution in [3.8, 4) is 6.07 Å². The van der Waals surface area contributed by atoms with Crippen LogP contribution in [0.1, 0.15) is 74.0 Å². The summed E-state index contributed by atoms with van der Waals surface area (Å²) in [7, 11) is 0. The number of carbonyl (C=O) groups excluding carboxylic acids is 4. The number of nitrogens with two attached hydrogens (primary N) is 1. The van der Waals surface area contributed by atoms with Crippen molar-refractivity contribution in [2.45, 2.75) is 88.7 Å². The molecule has 11 nitrogen and oxygen atoms in total. The highest BCUT2D eigenvalue weighted by molar-refractivity contribution is 5.93. The van der Waals surface area contributed by atoms with Gasteiger partial charge in [-0.3, -0.25) is 19.3 Å². The van der Waals surface area contributed by atoms with E-state index in [0.29, 0.717) is 31.5 Å². The van der Waals surface area contributed by atoms with Gasteiger partial charge in [0.05, 0.1) is 18.2 Å². The predicted octanol–water partition coefficient (Wildman–Crippen LogP) is 1.47. The molecule has 39 heavy (non-hydrogen) atoms. The Bertz CT molecular complexity index is 1240. The van der Waals surface area contributed by atoms with Gasteiger partial charge in [0.2, 0.25) is 17.7 Å². The highest BCUT2D eigenvalue weighted by Gasteiger charge is 2.53. The molecule has 0 radical (unpaired) electrons. The lowest BCUT2D eigenvalue weighted by atomic mass is 10.0. The number of nitriles is 1. The Hall–Kier alpha value is -3.65. The van der Waals surface area contributed by atoms with E-state index in [1.54, 1.807) is 26.8 Å². The van der Waals surface area contributed by atoms with Gasteiger partial charge in [0.15, 0.2) is 0 Å². The lowest BCUT2D eigenvalue weighted by molar-refractivity contribution is -0.141. The van der Waals surface area contributed by atoms with E-state index >= 15 is 0 Å². The van der Waals surface area contributed by atoms with Gasteiger partial charge in [0.25, 0.3) is 0 Å². The molecular weight excluding hydrogens is 500 g/mol. The fourth-order valence-corrected chi connectivity index (χ4v) is 6.57. The summed E-state index contributed by atoms with van der Waals surface area (Å²) in [6.07, 6.45) is 2.85. The van der Waals surface area contributed by atoms with Crippen molar-refractivity contribution in [1.82, 2.24) is 20.0 Å². The Balaban J connectivity index is 1.30. The number of hydrogen-bond donors (Lipinski definition) is 2. The van der Waals surface area contributed by atoms with Gasteiger partial charge < -0.3 is 25.6 Å². The second-order valence-corrected chi connectivity index (χ2v) is 12.0. The quantitative estimate of drug-likeness (QED) is 0.559. The van der Waals surface area contributed by atoms with E-state index < -0.39 is 29.7 Å². The van der Waals surface area contributed by atoms with Crippen LogP contribution in [-0.2, 0) is 20.7 Å².